The maximum atomic E-state index is 13.5. The molecule has 2 N–H and O–H groups in total. The Morgan fingerprint density at radius 3 is 2.21 bits per heavy atom. The monoisotopic (exact) mass is 442 g/mol. The number of ketones is 1. The van der Waals surface area contributed by atoms with Crippen LogP contribution >= 0.6 is 0 Å². The van der Waals surface area contributed by atoms with E-state index in [0.717, 1.165) is 5.69 Å². The lowest BCUT2D eigenvalue weighted by Crippen LogP contribution is -2.14. The lowest BCUT2D eigenvalue weighted by Gasteiger charge is -2.17. The zero-order valence-corrected chi connectivity index (χ0v) is 18.1. The number of esters is 1. The molecule has 7 heteroatoms. The van der Waals surface area contributed by atoms with Gasteiger partial charge in [0, 0.05) is 31.0 Å². The smallest absolute Gasteiger partial charge is 0.356 e. The van der Waals surface area contributed by atoms with Gasteiger partial charge < -0.3 is 20.1 Å². The second-order valence-electron chi connectivity index (χ2n) is 7.77. The van der Waals surface area contributed by atoms with E-state index < -0.39 is 18.0 Å². The molecule has 1 aliphatic heterocycles. The van der Waals surface area contributed by atoms with Gasteiger partial charge in [-0.25, -0.2) is 9.59 Å². The van der Waals surface area contributed by atoms with Crippen LogP contribution in [0.5, 0.6) is 0 Å². The maximum absolute atomic E-state index is 13.5. The van der Waals surface area contributed by atoms with Gasteiger partial charge in [-0.05, 0) is 35.9 Å². The van der Waals surface area contributed by atoms with Crippen LogP contribution in [0.25, 0.3) is 0 Å². The van der Waals surface area contributed by atoms with Gasteiger partial charge in [0.05, 0.1) is 11.1 Å². The molecule has 166 valence electrons. The number of aromatic carboxylic acids is 1. The molecule has 3 aromatic rings. The van der Waals surface area contributed by atoms with Gasteiger partial charge in [0.25, 0.3) is 0 Å². The average Bonchev–Trinajstić information content (AvgIpc) is 3.15. The minimum Gasteiger partial charge on any atom is -0.478 e. The Balaban J connectivity index is 1.80. The topological polar surface area (TPSA) is 95.9 Å². The maximum Gasteiger partial charge on any atom is 0.356 e. The van der Waals surface area contributed by atoms with Crippen molar-refractivity contribution in [3.05, 3.63) is 107 Å². The Morgan fingerprint density at radius 2 is 1.58 bits per heavy atom. The van der Waals surface area contributed by atoms with Crippen molar-refractivity contribution in [2.75, 3.05) is 24.3 Å². The Kier molecular flexibility index (Phi) is 5.95. The first-order chi connectivity index (χ1) is 15.8. The number of hydrogen-bond acceptors (Lipinski definition) is 6. The largest absolute Gasteiger partial charge is 0.478 e. The number of carboxylic acids is 1. The van der Waals surface area contributed by atoms with E-state index in [1.807, 2.05) is 43.3 Å². The van der Waals surface area contributed by atoms with Crippen LogP contribution in [0.2, 0.25) is 0 Å². The molecular formula is C26H22N2O5. The van der Waals surface area contributed by atoms with Crippen LogP contribution in [0.4, 0.5) is 11.4 Å². The van der Waals surface area contributed by atoms with Crippen LogP contribution in [0.15, 0.2) is 90.1 Å². The number of Topliss-reactive ketones (excluding diaryl/α,β-unsaturated/α-hetero) is 1. The minimum absolute atomic E-state index is 0.00641. The van der Waals surface area contributed by atoms with Crippen LogP contribution in [-0.2, 0) is 9.53 Å². The van der Waals surface area contributed by atoms with Crippen LogP contribution < -0.4 is 10.2 Å². The summed E-state index contributed by atoms with van der Waals surface area (Å²) in [4.78, 5) is 39.7. The summed E-state index contributed by atoms with van der Waals surface area (Å²) in [6.07, 6.45) is -0.897. The van der Waals surface area contributed by atoms with E-state index in [4.69, 9.17) is 4.74 Å². The molecule has 0 saturated carbocycles. The number of cyclic esters (lactones) is 1. The van der Waals surface area contributed by atoms with Gasteiger partial charge >= 0.3 is 11.9 Å². The summed E-state index contributed by atoms with van der Waals surface area (Å²) < 4.78 is 5.64. The highest BCUT2D eigenvalue weighted by atomic mass is 16.5. The number of carbonyl (C=O) groups is 3. The van der Waals surface area contributed by atoms with E-state index in [0.29, 0.717) is 16.8 Å². The number of anilines is 2. The summed E-state index contributed by atoms with van der Waals surface area (Å²) in [5, 5.41) is 12.2. The van der Waals surface area contributed by atoms with Gasteiger partial charge in [-0.1, -0.05) is 48.5 Å². The summed E-state index contributed by atoms with van der Waals surface area (Å²) in [5.74, 6) is -2.13. The number of nitrogens with one attached hydrogen (secondary N) is 1. The highest BCUT2D eigenvalue weighted by Gasteiger charge is 2.39. The summed E-state index contributed by atoms with van der Waals surface area (Å²) in [7, 11) is 3.84. The van der Waals surface area contributed by atoms with E-state index in [1.54, 1.807) is 42.5 Å². The second kappa shape index (κ2) is 9.00. The van der Waals surface area contributed by atoms with Crippen LogP contribution in [0.3, 0.4) is 0 Å². The fourth-order valence-corrected chi connectivity index (χ4v) is 3.62. The molecule has 1 aliphatic rings. The van der Waals surface area contributed by atoms with Crippen LogP contribution in [0, 0.1) is 0 Å². The van der Waals surface area contributed by atoms with Crippen molar-refractivity contribution >= 4 is 29.1 Å². The van der Waals surface area contributed by atoms with Gasteiger partial charge in [-0.15, -0.1) is 0 Å². The van der Waals surface area contributed by atoms with Gasteiger partial charge in [-0.3, -0.25) is 4.79 Å². The molecule has 1 heterocycles. The SMILES string of the molecule is CN(C)c1ccc(C2OC(=O)C(Nc3cccc(C(=O)O)c3)=C2C(=O)c2ccccc2)cc1. The number of carbonyl (C=O) groups excluding carboxylic acids is 2. The molecule has 1 atom stereocenters. The van der Waals surface area contributed by atoms with Crippen molar-refractivity contribution in [2.24, 2.45) is 0 Å². The molecule has 0 aromatic heterocycles. The number of ether oxygens (including phenoxy) is 1. The minimum atomic E-state index is -1.10. The summed E-state index contributed by atoms with van der Waals surface area (Å²) >= 11 is 0. The predicted molar refractivity (Wildman–Crippen MR) is 124 cm³/mol. The third kappa shape index (κ3) is 4.48. The summed E-state index contributed by atoms with van der Waals surface area (Å²) in [5.41, 5.74) is 2.62. The lowest BCUT2D eigenvalue weighted by molar-refractivity contribution is -0.139. The molecule has 0 aliphatic carbocycles. The Bertz CT molecular complexity index is 1250. The fraction of sp³-hybridized carbons (Fsp3) is 0.115. The number of carboxylic acid groups (broad SMARTS) is 1. The van der Waals surface area contributed by atoms with Gasteiger partial charge in [0.1, 0.15) is 5.70 Å². The number of nitrogens with zero attached hydrogens (tertiary/aromatic N) is 1. The first-order valence-corrected chi connectivity index (χ1v) is 10.3. The molecule has 0 amide bonds. The highest BCUT2D eigenvalue weighted by molar-refractivity contribution is 6.16. The molecule has 33 heavy (non-hydrogen) atoms. The molecule has 0 radical (unpaired) electrons. The van der Waals surface area contributed by atoms with Crippen molar-refractivity contribution in [1.82, 2.24) is 0 Å². The van der Waals surface area contributed by atoms with Crippen molar-refractivity contribution in [1.29, 1.82) is 0 Å². The van der Waals surface area contributed by atoms with Gasteiger partial charge in [0.15, 0.2) is 11.9 Å². The molecule has 1 unspecified atom stereocenters. The standard InChI is InChI=1S/C26H22N2O5/c1-28(2)20-13-11-17(12-14-20)24-21(23(29)16-7-4-3-5-8-16)22(26(32)33-24)27-19-10-6-9-18(15-19)25(30)31/h3-15,24,27H,1-2H3,(H,30,31). The summed E-state index contributed by atoms with van der Waals surface area (Å²) in [6.45, 7) is 0. The van der Waals surface area contributed by atoms with Gasteiger partial charge in [-0.2, -0.15) is 0 Å². The quantitative estimate of drug-likeness (QED) is 0.416. The zero-order chi connectivity index (χ0) is 23.5. The molecular weight excluding hydrogens is 420 g/mol. The Hall–Kier alpha value is -4.39. The van der Waals surface area contributed by atoms with Crippen molar-refractivity contribution in [2.45, 2.75) is 6.10 Å². The second-order valence-corrected chi connectivity index (χ2v) is 7.77. The first-order valence-electron chi connectivity index (χ1n) is 10.3. The van der Waals surface area contributed by atoms with E-state index in [1.165, 1.54) is 12.1 Å². The van der Waals surface area contributed by atoms with Crippen molar-refractivity contribution < 1.29 is 24.2 Å². The first kappa shape index (κ1) is 21.8. The third-order valence-electron chi connectivity index (χ3n) is 5.33. The lowest BCUT2D eigenvalue weighted by atomic mass is 9.93. The Morgan fingerprint density at radius 1 is 0.909 bits per heavy atom. The highest BCUT2D eigenvalue weighted by Crippen LogP contribution is 2.38. The van der Waals surface area contributed by atoms with E-state index in [-0.39, 0.29) is 22.6 Å². The van der Waals surface area contributed by atoms with E-state index in [2.05, 4.69) is 5.32 Å². The molecule has 0 spiro atoms. The molecule has 4 rings (SSSR count). The predicted octanol–water partition coefficient (Wildman–Crippen LogP) is 4.30. The summed E-state index contributed by atoms with van der Waals surface area (Å²) in [6, 6.07) is 22.1. The fourth-order valence-electron chi connectivity index (χ4n) is 3.62. The van der Waals surface area contributed by atoms with E-state index >= 15 is 0 Å². The molecule has 0 saturated heterocycles. The van der Waals surface area contributed by atoms with Crippen LogP contribution in [-0.4, -0.2) is 36.9 Å². The molecule has 0 bridgehead atoms. The average molecular weight is 442 g/mol. The van der Waals surface area contributed by atoms with E-state index in [9.17, 15) is 19.5 Å². The molecule has 0 fully saturated rings. The van der Waals surface area contributed by atoms with Crippen molar-refractivity contribution in [3.8, 4) is 0 Å². The van der Waals surface area contributed by atoms with Gasteiger partial charge in [0.2, 0.25) is 0 Å². The van der Waals surface area contributed by atoms with Crippen LogP contribution in [0.1, 0.15) is 32.4 Å². The van der Waals surface area contributed by atoms with Crippen molar-refractivity contribution in [3.63, 3.8) is 0 Å². The Labute approximate surface area is 190 Å². The zero-order valence-electron chi connectivity index (χ0n) is 18.1. The third-order valence-corrected chi connectivity index (χ3v) is 5.33. The molecule has 7 nitrogen and oxygen atoms in total. The number of hydrogen-bond donors (Lipinski definition) is 2. The normalized spacial score (nSPS) is 15.2. The number of benzene rings is 3. The molecule has 3 aromatic carbocycles. The number of rotatable bonds is 7.